The lowest BCUT2D eigenvalue weighted by Gasteiger charge is -2.42. The summed E-state index contributed by atoms with van der Waals surface area (Å²) in [4.78, 5) is 13.6. The van der Waals surface area contributed by atoms with Gasteiger partial charge < -0.3 is 9.64 Å². The summed E-state index contributed by atoms with van der Waals surface area (Å²) in [6.07, 6.45) is 1.79. The standard InChI is InChI=1S/C13H15NO2/c15-12-7-4-8-14(12)11-9-16-13(11)10-5-2-1-3-6-10/h1-3,5-6,11,13H,4,7-9H2. The quantitative estimate of drug-likeness (QED) is 0.755. The minimum absolute atomic E-state index is 0.0863. The highest BCUT2D eigenvalue weighted by atomic mass is 16.5. The summed E-state index contributed by atoms with van der Waals surface area (Å²) >= 11 is 0. The number of hydrogen-bond acceptors (Lipinski definition) is 2. The van der Waals surface area contributed by atoms with Gasteiger partial charge in [-0.25, -0.2) is 0 Å². The number of rotatable bonds is 2. The Morgan fingerprint density at radius 3 is 2.62 bits per heavy atom. The predicted octanol–water partition coefficient (Wildman–Crippen LogP) is 1.75. The van der Waals surface area contributed by atoms with Gasteiger partial charge in [-0.3, -0.25) is 4.79 Å². The van der Waals surface area contributed by atoms with Gasteiger partial charge in [-0.05, 0) is 12.0 Å². The minimum atomic E-state index is 0.0863. The average molecular weight is 217 g/mol. The molecule has 0 saturated carbocycles. The Labute approximate surface area is 95.0 Å². The second-order valence-electron chi connectivity index (χ2n) is 4.42. The van der Waals surface area contributed by atoms with Gasteiger partial charge in [0.25, 0.3) is 0 Å². The zero-order valence-electron chi connectivity index (χ0n) is 9.13. The molecule has 3 rings (SSSR count). The number of benzene rings is 1. The molecular weight excluding hydrogens is 202 g/mol. The SMILES string of the molecule is O=C1CCCN1C1COC1c1ccccc1. The second-order valence-corrected chi connectivity index (χ2v) is 4.42. The van der Waals surface area contributed by atoms with Gasteiger partial charge in [-0.15, -0.1) is 0 Å². The van der Waals surface area contributed by atoms with Crippen molar-refractivity contribution in [2.45, 2.75) is 25.0 Å². The predicted molar refractivity (Wildman–Crippen MR) is 59.9 cm³/mol. The van der Waals surface area contributed by atoms with Gasteiger partial charge in [0.15, 0.2) is 0 Å². The van der Waals surface area contributed by atoms with Gasteiger partial charge in [-0.2, -0.15) is 0 Å². The maximum Gasteiger partial charge on any atom is 0.223 e. The summed E-state index contributed by atoms with van der Waals surface area (Å²) in [6.45, 7) is 1.58. The van der Waals surface area contributed by atoms with Crippen LogP contribution < -0.4 is 0 Å². The first-order valence-electron chi connectivity index (χ1n) is 5.82. The van der Waals surface area contributed by atoms with E-state index in [0.717, 1.165) is 13.0 Å². The smallest absolute Gasteiger partial charge is 0.223 e. The molecule has 1 aromatic carbocycles. The van der Waals surface area contributed by atoms with E-state index in [1.807, 2.05) is 23.1 Å². The Hall–Kier alpha value is -1.35. The lowest BCUT2D eigenvalue weighted by molar-refractivity contribution is -0.157. The summed E-state index contributed by atoms with van der Waals surface area (Å²) in [5.41, 5.74) is 1.18. The minimum Gasteiger partial charge on any atom is -0.369 e. The molecule has 1 amide bonds. The summed E-state index contributed by atoms with van der Waals surface area (Å²) in [5, 5.41) is 0. The van der Waals surface area contributed by atoms with Crippen molar-refractivity contribution in [1.82, 2.24) is 4.90 Å². The number of amides is 1. The molecule has 0 aromatic heterocycles. The van der Waals surface area contributed by atoms with E-state index in [1.165, 1.54) is 5.56 Å². The van der Waals surface area contributed by atoms with Gasteiger partial charge in [0.1, 0.15) is 6.10 Å². The van der Waals surface area contributed by atoms with Crippen LogP contribution >= 0.6 is 0 Å². The fourth-order valence-electron chi connectivity index (χ4n) is 2.51. The van der Waals surface area contributed by atoms with Crippen LogP contribution in [-0.2, 0) is 9.53 Å². The number of nitrogens with zero attached hydrogens (tertiary/aromatic N) is 1. The average Bonchev–Trinajstić information content (AvgIpc) is 2.65. The number of carbonyl (C=O) groups excluding carboxylic acids is 1. The van der Waals surface area contributed by atoms with Gasteiger partial charge >= 0.3 is 0 Å². The molecule has 84 valence electrons. The lowest BCUT2D eigenvalue weighted by atomic mass is 9.97. The topological polar surface area (TPSA) is 29.5 Å². The molecule has 2 heterocycles. The largest absolute Gasteiger partial charge is 0.369 e. The van der Waals surface area contributed by atoms with Crippen LogP contribution in [0.2, 0.25) is 0 Å². The zero-order chi connectivity index (χ0) is 11.0. The third-order valence-electron chi connectivity index (χ3n) is 3.43. The van der Waals surface area contributed by atoms with Gasteiger partial charge in [-0.1, -0.05) is 30.3 Å². The third-order valence-corrected chi connectivity index (χ3v) is 3.43. The molecule has 0 bridgehead atoms. The molecule has 2 atom stereocenters. The van der Waals surface area contributed by atoms with E-state index < -0.39 is 0 Å². The van der Waals surface area contributed by atoms with E-state index in [9.17, 15) is 4.79 Å². The van der Waals surface area contributed by atoms with Crippen LogP contribution in [0.3, 0.4) is 0 Å². The van der Waals surface area contributed by atoms with Crippen molar-refractivity contribution in [2.24, 2.45) is 0 Å². The number of carbonyl (C=O) groups is 1. The van der Waals surface area contributed by atoms with Gasteiger partial charge in [0, 0.05) is 13.0 Å². The first kappa shape index (κ1) is 9.85. The normalized spacial score (nSPS) is 29.2. The third kappa shape index (κ3) is 1.52. The summed E-state index contributed by atoms with van der Waals surface area (Å²) in [7, 11) is 0. The fourth-order valence-corrected chi connectivity index (χ4v) is 2.51. The van der Waals surface area contributed by atoms with E-state index in [2.05, 4.69) is 12.1 Å². The Balaban J connectivity index is 1.77. The first-order chi connectivity index (χ1) is 7.86. The fraction of sp³-hybridized carbons (Fsp3) is 0.462. The molecule has 2 unspecified atom stereocenters. The van der Waals surface area contributed by atoms with Crippen LogP contribution in [0.25, 0.3) is 0 Å². The van der Waals surface area contributed by atoms with Crippen molar-refractivity contribution in [1.29, 1.82) is 0 Å². The van der Waals surface area contributed by atoms with Crippen molar-refractivity contribution >= 4 is 5.91 Å². The molecule has 3 heteroatoms. The molecule has 0 N–H and O–H groups in total. The van der Waals surface area contributed by atoms with Gasteiger partial charge in [0.2, 0.25) is 5.91 Å². The maximum absolute atomic E-state index is 11.7. The van der Waals surface area contributed by atoms with E-state index >= 15 is 0 Å². The molecule has 16 heavy (non-hydrogen) atoms. The molecule has 3 nitrogen and oxygen atoms in total. The number of hydrogen-bond donors (Lipinski definition) is 0. The molecular formula is C13H15NO2. The molecule has 2 fully saturated rings. The highest BCUT2D eigenvalue weighted by Gasteiger charge is 2.41. The van der Waals surface area contributed by atoms with Crippen LogP contribution in [-0.4, -0.2) is 30.0 Å². The summed E-state index contributed by atoms with van der Waals surface area (Å²) in [5.74, 6) is 0.286. The Morgan fingerprint density at radius 2 is 2.06 bits per heavy atom. The molecule has 2 aliphatic heterocycles. The van der Waals surface area contributed by atoms with Crippen molar-refractivity contribution in [3.8, 4) is 0 Å². The molecule has 2 aliphatic rings. The van der Waals surface area contributed by atoms with Crippen molar-refractivity contribution in [3.63, 3.8) is 0 Å². The summed E-state index contributed by atoms with van der Waals surface area (Å²) < 4.78 is 5.60. The van der Waals surface area contributed by atoms with E-state index in [4.69, 9.17) is 4.74 Å². The van der Waals surface area contributed by atoms with Crippen molar-refractivity contribution in [2.75, 3.05) is 13.2 Å². The Bertz CT molecular complexity index is 390. The Morgan fingerprint density at radius 1 is 1.25 bits per heavy atom. The van der Waals surface area contributed by atoms with E-state index in [0.29, 0.717) is 13.0 Å². The monoisotopic (exact) mass is 217 g/mol. The zero-order valence-corrected chi connectivity index (χ0v) is 9.13. The van der Waals surface area contributed by atoms with Crippen LogP contribution in [0.1, 0.15) is 24.5 Å². The number of likely N-dealkylation sites (tertiary alicyclic amines) is 1. The molecule has 1 aromatic rings. The van der Waals surface area contributed by atoms with Crippen molar-refractivity contribution in [3.05, 3.63) is 35.9 Å². The molecule has 0 spiro atoms. The molecule has 0 radical (unpaired) electrons. The molecule has 2 saturated heterocycles. The highest BCUT2D eigenvalue weighted by molar-refractivity contribution is 5.78. The first-order valence-corrected chi connectivity index (χ1v) is 5.82. The van der Waals surface area contributed by atoms with E-state index in [1.54, 1.807) is 0 Å². The van der Waals surface area contributed by atoms with Crippen LogP contribution in [0, 0.1) is 0 Å². The van der Waals surface area contributed by atoms with E-state index in [-0.39, 0.29) is 18.1 Å². The van der Waals surface area contributed by atoms with Crippen LogP contribution in [0.5, 0.6) is 0 Å². The van der Waals surface area contributed by atoms with Crippen LogP contribution in [0.4, 0.5) is 0 Å². The summed E-state index contributed by atoms with van der Waals surface area (Å²) in [6, 6.07) is 10.4. The van der Waals surface area contributed by atoms with Gasteiger partial charge in [0.05, 0.1) is 12.6 Å². The number of ether oxygens (including phenoxy) is 1. The van der Waals surface area contributed by atoms with Crippen molar-refractivity contribution < 1.29 is 9.53 Å². The maximum atomic E-state index is 11.7. The Kier molecular flexibility index (Phi) is 2.40. The highest BCUT2D eigenvalue weighted by Crippen LogP contribution is 2.35. The lowest BCUT2D eigenvalue weighted by Crippen LogP contribution is -2.51. The second kappa shape index (κ2) is 3.91. The molecule has 0 aliphatic carbocycles. The van der Waals surface area contributed by atoms with Crippen LogP contribution in [0.15, 0.2) is 30.3 Å².